The summed E-state index contributed by atoms with van der Waals surface area (Å²) >= 11 is 0. The number of hydrogen-bond donors (Lipinski definition) is 0. The minimum Gasteiger partial charge on any atom is -0.258 e. The molecule has 2 rings (SSSR count). The molecular formula is C10H6NO2Si. The first-order valence-corrected chi connectivity index (χ1v) is 4.58. The maximum atomic E-state index is 10.8. The van der Waals surface area contributed by atoms with Crippen LogP contribution in [-0.4, -0.2) is 15.2 Å². The number of benzene rings is 2. The molecule has 2 aromatic rings. The van der Waals surface area contributed by atoms with Gasteiger partial charge in [0.2, 0.25) is 0 Å². The average molecular weight is 200 g/mol. The van der Waals surface area contributed by atoms with Crippen LogP contribution in [0.25, 0.3) is 10.8 Å². The van der Waals surface area contributed by atoms with Gasteiger partial charge in [-0.3, -0.25) is 10.1 Å². The van der Waals surface area contributed by atoms with E-state index in [2.05, 4.69) is 10.2 Å². The van der Waals surface area contributed by atoms with Crippen molar-refractivity contribution in [3.05, 3.63) is 46.5 Å². The Morgan fingerprint density at radius 2 is 1.86 bits per heavy atom. The van der Waals surface area contributed by atoms with Gasteiger partial charge in [0.25, 0.3) is 5.69 Å². The van der Waals surface area contributed by atoms with Gasteiger partial charge >= 0.3 is 0 Å². The summed E-state index contributed by atoms with van der Waals surface area (Å²) in [7, 11) is 3.23. The van der Waals surface area contributed by atoms with E-state index in [1.165, 1.54) is 0 Å². The van der Waals surface area contributed by atoms with Gasteiger partial charge in [-0.05, 0) is 11.5 Å². The second-order valence-corrected chi connectivity index (χ2v) is 3.48. The van der Waals surface area contributed by atoms with Crippen molar-refractivity contribution in [2.75, 3.05) is 0 Å². The molecule has 0 heterocycles. The van der Waals surface area contributed by atoms with Gasteiger partial charge in [0, 0.05) is 5.19 Å². The SMILES string of the molecule is O=[N+]([O-])c1c([Si])ccc2ccccc12. The molecule has 0 amide bonds. The van der Waals surface area contributed by atoms with Crippen molar-refractivity contribution in [1.29, 1.82) is 0 Å². The normalized spacial score (nSPS) is 10.4. The zero-order valence-electron chi connectivity index (χ0n) is 7.23. The van der Waals surface area contributed by atoms with Crippen molar-refractivity contribution >= 4 is 31.9 Å². The molecule has 0 fully saturated rings. The van der Waals surface area contributed by atoms with Crippen LogP contribution < -0.4 is 5.19 Å². The predicted molar refractivity (Wildman–Crippen MR) is 56.0 cm³/mol. The van der Waals surface area contributed by atoms with E-state index in [4.69, 9.17) is 0 Å². The van der Waals surface area contributed by atoms with Crippen molar-refractivity contribution in [2.24, 2.45) is 0 Å². The number of fused-ring (bicyclic) bond motifs is 1. The summed E-state index contributed by atoms with van der Waals surface area (Å²) in [4.78, 5) is 10.4. The van der Waals surface area contributed by atoms with E-state index >= 15 is 0 Å². The van der Waals surface area contributed by atoms with Crippen molar-refractivity contribution in [3.8, 4) is 0 Å². The Balaban J connectivity index is 2.90. The van der Waals surface area contributed by atoms with Gasteiger partial charge in [-0.15, -0.1) is 0 Å². The summed E-state index contributed by atoms with van der Waals surface area (Å²) in [5.74, 6) is 0. The molecule has 0 N–H and O–H groups in total. The van der Waals surface area contributed by atoms with Gasteiger partial charge in [-0.2, -0.15) is 0 Å². The molecule has 14 heavy (non-hydrogen) atoms. The molecule has 67 valence electrons. The maximum Gasteiger partial charge on any atom is 0.275 e. The van der Waals surface area contributed by atoms with Crippen LogP contribution in [0.2, 0.25) is 0 Å². The highest BCUT2D eigenvalue weighted by molar-refractivity contribution is 6.36. The van der Waals surface area contributed by atoms with E-state index in [9.17, 15) is 10.1 Å². The first-order chi connectivity index (χ1) is 6.70. The van der Waals surface area contributed by atoms with Crippen LogP contribution in [0.4, 0.5) is 5.69 Å². The molecular weight excluding hydrogens is 194 g/mol. The Morgan fingerprint density at radius 1 is 1.14 bits per heavy atom. The quantitative estimate of drug-likeness (QED) is 0.398. The predicted octanol–water partition coefficient (Wildman–Crippen LogP) is 1.54. The van der Waals surface area contributed by atoms with Crippen LogP contribution in [-0.2, 0) is 0 Å². The van der Waals surface area contributed by atoms with Gasteiger partial charge in [0.1, 0.15) is 0 Å². The Bertz CT molecular complexity index is 510. The zero-order valence-corrected chi connectivity index (χ0v) is 8.23. The lowest BCUT2D eigenvalue weighted by Gasteiger charge is -2.01. The highest BCUT2D eigenvalue weighted by atomic mass is 28.1. The lowest BCUT2D eigenvalue weighted by molar-refractivity contribution is -0.381. The van der Waals surface area contributed by atoms with Gasteiger partial charge in [-0.1, -0.05) is 30.3 Å². The largest absolute Gasteiger partial charge is 0.275 e. The monoisotopic (exact) mass is 200 g/mol. The first-order valence-electron chi connectivity index (χ1n) is 4.08. The Morgan fingerprint density at radius 3 is 2.57 bits per heavy atom. The molecule has 3 nitrogen and oxygen atoms in total. The van der Waals surface area contributed by atoms with Crippen molar-refractivity contribution in [3.63, 3.8) is 0 Å². The van der Waals surface area contributed by atoms with Crippen molar-refractivity contribution in [1.82, 2.24) is 0 Å². The number of rotatable bonds is 1. The Labute approximate surface area is 83.9 Å². The number of nitrogens with zero attached hydrogens (tertiary/aromatic N) is 1. The number of nitro groups is 1. The number of nitro benzene ring substituents is 1. The smallest absolute Gasteiger partial charge is 0.258 e. The molecule has 0 aromatic heterocycles. The Hall–Kier alpha value is -1.68. The Kier molecular flexibility index (Phi) is 2.05. The lowest BCUT2D eigenvalue weighted by Crippen LogP contribution is -2.09. The molecule has 3 radical (unpaired) electrons. The summed E-state index contributed by atoms with van der Waals surface area (Å²) in [5, 5.41) is 12.9. The summed E-state index contributed by atoms with van der Waals surface area (Å²) in [6, 6.07) is 10.8. The van der Waals surface area contributed by atoms with Crippen molar-refractivity contribution < 1.29 is 4.92 Å². The highest BCUT2D eigenvalue weighted by Crippen LogP contribution is 2.22. The van der Waals surface area contributed by atoms with Gasteiger partial charge in [0.05, 0.1) is 20.6 Å². The minimum atomic E-state index is -0.370. The highest BCUT2D eigenvalue weighted by Gasteiger charge is 2.14. The fourth-order valence-electron chi connectivity index (χ4n) is 1.45. The summed E-state index contributed by atoms with van der Waals surface area (Å²) < 4.78 is 0. The standard InChI is InChI=1S/C10H6NO2Si/c12-11(13)10-8-4-2-1-3-7(8)5-6-9(10)14/h1-6H. The van der Waals surface area contributed by atoms with Crippen LogP contribution in [0.5, 0.6) is 0 Å². The molecule has 2 aromatic carbocycles. The van der Waals surface area contributed by atoms with Crippen LogP contribution in [0.3, 0.4) is 0 Å². The third-order valence-electron chi connectivity index (χ3n) is 2.08. The first kappa shape index (κ1) is 8.90. The molecule has 0 spiro atoms. The van der Waals surface area contributed by atoms with E-state index in [1.54, 1.807) is 18.2 Å². The lowest BCUT2D eigenvalue weighted by atomic mass is 10.1. The van der Waals surface area contributed by atoms with Crippen LogP contribution in [0, 0.1) is 10.1 Å². The molecule has 0 aliphatic carbocycles. The van der Waals surface area contributed by atoms with Crippen LogP contribution in [0.15, 0.2) is 36.4 Å². The molecule has 0 aliphatic heterocycles. The van der Waals surface area contributed by atoms with Gasteiger partial charge in [0.15, 0.2) is 0 Å². The molecule has 4 heteroatoms. The molecule has 0 saturated heterocycles. The number of hydrogen-bond acceptors (Lipinski definition) is 2. The molecule has 0 bridgehead atoms. The zero-order chi connectivity index (χ0) is 10.1. The molecule has 0 unspecified atom stereocenters. The summed E-state index contributed by atoms with van der Waals surface area (Å²) in [6.45, 7) is 0. The van der Waals surface area contributed by atoms with Gasteiger partial charge < -0.3 is 0 Å². The topological polar surface area (TPSA) is 43.1 Å². The second kappa shape index (κ2) is 3.23. The molecule has 0 saturated carbocycles. The fraction of sp³-hybridized carbons (Fsp3) is 0. The van der Waals surface area contributed by atoms with Crippen LogP contribution >= 0.6 is 0 Å². The minimum absolute atomic E-state index is 0.125. The van der Waals surface area contributed by atoms with E-state index in [-0.39, 0.29) is 10.6 Å². The maximum absolute atomic E-state index is 10.8. The molecule has 0 aliphatic rings. The third kappa shape index (κ3) is 1.29. The second-order valence-electron chi connectivity index (χ2n) is 2.94. The van der Waals surface area contributed by atoms with Crippen LogP contribution in [0.1, 0.15) is 0 Å². The third-order valence-corrected chi connectivity index (χ3v) is 2.49. The van der Waals surface area contributed by atoms with E-state index < -0.39 is 0 Å². The van der Waals surface area contributed by atoms with Crippen molar-refractivity contribution in [2.45, 2.75) is 0 Å². The fourth-order valence-corrected chi connectivity index (χ4v) is 1.76. The molecule has 0 atom stereocenters. The summed E-state index contributed by atoms with van der Waals surface area (Å²) in [5.41, 5.74) is 0.125. The van der Waals surface area contributed by atoms with Gasteiger partial charge in [-0.25, -0.2) is 0 Å². The van der Waals surface area contributed by atoms with E-state index in [0.717, 1.165) is 5.39 Å². The van der Waals surface area contributed by atoms with E-state index in [1.807, 2.05) is 18.2 Å². The average Bonchev–Trinajstić information content (AvgIpc) is 2.17. The van der Waals surface area contributed by atoms with E-state index in [0.29, 0.717) is 10.6 Å². The summed E-state index contributed by atoms with van der Waals surface area (Å²) in [6.07, 6.45) is 0.